The van der Waals surface area contributed by atoms with E-state index in [1.807, 2.05) is 18.3 Å². The molecule has 0 bridgehead atoms. The van der Waals surface area contributed by atoms with Gasteiger partial charge in [-0.15, -0.1) is 0 Å². The quantitative estimate of drug-likeness (QED) is 0.883. The van der Waals surface area contributed by atoms with Crippen LogP contribution in [0.1, 0.15) is 36.2 Å². The molecule has 1 aromatic carbocycles. The first-order chi connectivity index (χ1) is 9.15. The van der Waals surface area contributed by atoms with Crippen molar-refractivity contribution in [1.29, 1.82) is 0 Å². The Kier molecular flexibility index (Phi) is 4.69. The number of hydrogen-bond acceptors (Lipinski definition) is 2. The minimum Gasteiger partial charge on any atom is -0.310 e. The summed E-state index contributed by atoms with van der Waals surface area (Å²) in [5.41, 5.74) is 5.16. The highest BCUT2D eigenvalue weighted by Gasteiger charge is 2.03. The molecule has 2 nitrogen and oxygen atoms in total. The molecule has 0 saturated heterocycles. The van der Waals surface area contributed by atoms with E-state index in [-0.39, 0.29) is 0 Å². The maximum Gasteiger partial charge on any atom is 0.0447 e. The average molecular weight is 254 g/mol. The number of pyridine rings is 1. The summed E-state index contributed by atoms with van der Waals surface area (Å²) in [7, 11) is 0. The lowest BCUT2D eigenvalue weighted by Crippen LogP contribution is -2.21. The fourth-order valence-electron chi connectivity index (χ4n) is 2.09. The first kappa shape index (κ1) is 13.8. The Morgan fingerprint density at radius 2 is 2.00 bits per heavy atom. The Hall–Kier alpha value is -1.67. The molecular formula is C17H22N2. The van der Waals surface area contributed by atoms with Crippen molar-refractivity contribution < 1.29 is 0 Å². The van der Waals surface area contributed by atoms with Crippen molar-refractivity contribution in [2.24, 2.45) is 0 Å². The topological polar surface area (TPSA) is 24.9 Å². The molecule has 100 valence electrons. The third kappa shape index (κ3) is 4.18. The van der Waals surface area contributed by atoms with Gasteiger partial charge in [0.05, 0.1) is 0 Å². The molecule has 19 heavy (non-hydrogen) atoms. The monoisotopic (exact) mass is 254 g/mol. The summed E-state index contributed by atoms with van der Waals surface area (Å²) in [4.78, 5) is 4.38. The van der Waals surface area contributed by atoms with Gasteiger partial charge in [0.1, 0.15) is 0 Å². The van der Waals surface area contributed by atoms with Gasteiger partial charge in [0, 0.05) is 30.9 Å². The van der Waals surface area contributed by atoms with Gasteiger partial charge in [0.15, 0.2) is 0 Å². The highest BCUT2D eigenvalue weighted by Crippen LogP contribution is 2.14. The van der Waals surface area contributed by atoms with Crippen LogP contribution in [0.3, 0.4) is 0 Å². The van der Waals surface area contributed by atoms with Gasteiger partial charge in [-0.05, 0) is 35.7 Å². The van der Waals surface area contributed by atoms with Crippen molar-refractivity contribution in [1.82, 2.24) is 10.3 Å². The second-order valence-electron chi connectivity index (χ2n) is 5.29. The smallest absolute Gasteiger partial charge is 0.0447 e. The minimum absolute atomic E-state index is 0.522. The number of nitrogens with zero attached hydrogens (tertiary/aromatic N) is 1. The van der Waals surface area contributed by atoms with Crippen LogP contribution in [-0.4, -0.2) is 11.0 Å². The van der Waals surface area contributed by atoms with E-state index < -0.39 is 0 Å². The van der Waals surface area contributed by atoms with Crippen molar-refractivity contribution in [3.05, 3.63) is 65.0 Å². The van der Waals surface area contributed by atoms with Gasteiger partial charge < -0.3 is 5.32 Å². The predicted molar refractivity (Wildman–Crippen MR) is 80.2 cm³/mol. The summed E-state index contributed by atoms with van der Waals surface area (Å²) in [5.74, 6) is 0. The van der Waals surface area contributed by atoms with E-state index in [0.29, 0.717) is 6.04 Å². The van der Waals surface area contributed by atoms with E-state index in [1.165, 1.54) is 16.7 Å². The SMILES string of the molecule is Cc1cc(CNC(C)C)ccc1Cc1ccccn1. The number of aromatic nitrogens is 1. The maximum atomic E-state index is 4.38. The molecule has 2 heteroatoms. The number of nitrogens with one attached hydrogen (secondary N) is 1. The Bertz CT molecular complexity index is 518. The van der Waals surface area contributed by atoms with Gasteiger partial charge in [-0.3, -0.25) is 4.98 Å². The zero-order valence-corrected chi connectivity index (χ0v) is 12.0. The molecule has 2 rings (SSSR count). The lowest BCUT2D eigenvalue weighted by molar-refractivity contribution is 0.588. The lowest BCUT2D eigenvalue weighted by atomic mass is 10.0. The Morgan fingerprint density at radius 1 is 1.16 bits per heavy atom. The Labute approximate surface area is 115 Å². The van der Waals surface area contributed by atoms with E-state index >= 15 is 0 Å². The molecule has 1 heterocycles. The summed E-state index contributed by atoms with van der Waals surface area (Å²) >= 11 is 0. The summed E-state index contributed by atoms with van der Waals surface area (Å²) < 4.78 is 0. The fourth-order valence-corrected chi connectivity index (χ4v) is 2.09. The van der Waals surface area contributed by atoms with Crippen LogP contribution in [0, 0.1) is 6.92 Å². The van der Waals surface area contributed by atoms with Crippen molar-refractivity contribution in [2.75, 3.05) is 0 Å². The van der Waals surface area contributed by atoms with Crippen molar-refractivity contribution in [3.63, 3.8) is 0 Å². The summed E-state index contributed by atoms with van der Waals surface area (Å²) in [6, 6.07) is 13.3. The molecule has 1 N–H and O–H groups in total. The van der Waals surface area contributed by atoms with Gasteiger partial charge in [0.25, 0.3) is 0 Å². The fraction of sp³-hybridized carbons (Fsp3) is 0.353. The zero-order chi connectivity index (χ0) is 13.7. The molecule has 0 atom stereocenters. The molecule has 0 fully saturated rings. The standard InChI is InChI=1S/C17H22N2/c1-13(2)19-12-15-7-8-16(14(3)10-15)11-17-6-4-5-9-18-17/h4-10,13,19H,11-12H2,1-3H3. The van der Waals surface area contributed by atoms with Crippen molar-refractivity contribution >= 4 is 0 Å². The van der Waals surface area contributed by atoms with Gasteiger partial charge in [-0.2, -0.15) is 0 Å². The zero-order valence-electron chi connectivity index (χ0n) is 12.0. The normalized spacial score (nSPS) is 10.9. The van der Waals surface area contributed by atoms with Gasteiger partial charge >= 0.3 is 0 Å². The Morgan fingerprint density at radius 3 is 2.63 bits per heavy atom. The summed E-state index contributed by atoms with van der Waals surface area (Å²) in [6.45, 7) is 7.45. The molecule has 0 saturated carbocycles. The number of benzene rings is 1. The molecule has 0 spiro atoms. The van der Waals surface area contributed by atoms with E-state index in [9.17, 15) is 0 Å². The second kappa shape index (κ2) is 6.48. The van der Waals surface area contributed by atoms with Crippen LogP contribution >= 0.6 is 0 Å². The molecule has 0 aliphatic rings. The average Bonchev–Trinajstić information content (AvgIpc) is 2.40. The number of rotatable bonds is 5. The van der Waals surface area contributed by atoms with Crippen LogP contribution in [0.4, 0.5) is 0 Å². The van der Waals surface area contributed by atoms with Crippen LogP contribution in [0.5, 0.6) is 0 Å². The lowest BCUT2D eigenvalue weighted by Gasteiger charge is -2.11. The minimum atomic E-state index is 0.522. The molecule has 0 radical (unpaired) electrons. The van der Waals surface area contributed by atoms with E-state index in [0.717, 1.165) is 18.7 Å². The molecule has 1 aromatic heterocycles. The largest absolute Gasteiger partial charge is 0.310 e. The molecule has 0 aliphatic heterocycles. The molecule has 2 aromatic rings. The highest BCUT2D eigenvalue weighted by atomic mass is 14.9. The van der Waals surface area contributed by atoms with Crippen LogP contribution in [0.15, 0.2) is 42.6 Å². The molecular weight excluding hydrogens is 232 g/mol. The first-order valence-electron chi connectivity index (χ1n) is 6.87. The van der Waals surface area contributed by atoms with Crippen LogP contribution in [0.25, 0.3) is 0 Å². The van der Waals surface area contributed by atoms with Crippen LogP contribution in [0.2, 0.25) is 0 Å². The van der Waals surface area contributed by atoms with Crippen LogP contribution < -0.4 is 5.32 Å². The van der Waals surface area contributed by atoms with Crippen molar-refractivity contribution in [3.8, 4) is 0 Å². The van der Waals surface area contributed by atoms with Crippen molar-refractivity contribution in [2.45, 2.75) is 39.8 Å². The highest BCUT2D eigenvalue weighted by molar-refractivity contribution is 5.33. The maximum absolute atomic E-state index is 4.38. The van der Waals surface area contributed by atoms with Gasteiger partial charge in [-0.25, -0.2) is 0 Å². The predicted octanol–water partition coefficient (Wildman–Crippen LogP) is 3.48. The Balaban J connectivity index is 2.07. The third-order valence-electron chi connectivity index (χ3n) is 3.22. The van der Waals surface area contributed by atoms with E-state index in [4.69, 9.17) is 0 Å². The molecule has 0 aliphatic carbocycles. The summed E-state index contributed by atoms with van der Waals surface area (Å²) in [6.07, 6.45) is 2.76. The third-order valence-corrected chi connectivity index (χ3v) is 3.22. The number of hydrogen-bond donors (Lipinski definition) is 1. The van der Waals surface area contributed by atoms with E-state index in [1.54, 1.807) is 0 Å². The van der Waals surface area contributed by atoms with Gasteiger partial charge in [-0.1, -0.05) is 38.1 Å². The molecule has 0 unspecified atom stereocenters. The first-order valence-corrected chi connectivity index (χ1v) is 6.87. The van der Waals surface area contributed by atoms with E-state index in [2.05, 4.69) is 55.3 Å². The summed E-state index contributed by atoms with van der Waals surface area (Å²) in [5, 5.41) is 3.45. The van der Waals surface area contributed by atoms with Gasteiger partial charge in [0.2, 0.25) is 0 Å². The van der Waals surface area contributed by atoms with Crippen LogP contribution in [-0.2, 0) is 13.0 Å². The molecule has 0 amide bonds. The second-order valence-corrected chi connectivity index (χ2v) is 5.29. The number of aryl methyl sites for hydroxylation is 1.